The van der Waals surface area contributed by atoms with E-state index in [1.807, 2.05) is 6.92 Å². The molecule has 0 spiro atoms. The number of thiophene rings is 1. The number of hydrogen-bond donors (Lipinski definition) is 1. The van der Waals surface area contributed by atoms with Crippen LogP contribution in [0.2, 0.25) is 0 Å². The highest BCUT2D eigenvalue weighted by molar-refractivity contribution is 7.16. The third kappa shape index (κ3) is 5.78. The Kier molecular flexibility index (Phi) is 7.67. The van der Waals surface area contributed by atoms with Crippen LogP contribution >= 0.6 is 11.3 Å². The Balaban J connectivity index is 1.51. The predicted octanol–water partition coefficient (Wildman–Crippen LogP) is 2.13. The Morgan fingerprint density at radius 3 is 2.62 bits per heavy atom. The molecule has 29 heavy (non-hydrogen) atoms. The smallest absolute Gasteiger partial charge is 0.341 e. The van der Waals surface area contributed by atoms with Gasteiger partial charge in [0, 0.05) is 50.2 Å². The van der Waals surface area contributed by atoms with Crippen LogP contribution in [-0.2, 0) is 9.53 Å². The van der Waals surface area contributed by atoms with E-state index in [2.05, 4.69) is 34.0 Å². The minimum atomic E-state index is -0.381. The number of rotatable bonds is 6. The summed E-state index contributed by atoms with van der Waals surface area (Å²) in [6, 6.07) is 2.39. The van der Waals surface area contributed by atoms with Gasteiger partial charge in [-0.15, -0.1) is 11.3 Å². The summed E-state index contributed by atoms with van der Waals surface area (Å²) in [4.78, 5) is 33.0. The summed E-state index contributed by atoms with van der Waals surface area (Å²) in [6.07, 6.45) is 1.10. The predicted molar refractivity (Wildman–Crippen MR) is 117 cm³/mol. The molecule has 3 heterocycles. The molecule has 2 saturated heterocycles. The fourth-order valence-corrected chi connectivity index (χ4v) is 5.31. The standard InChI is InChI=1S/C21H34N4O3S/c1-5-28-21(27)17-12-16(3)29-20(17)22-19(26)14-24-7-6-18(15(2)13-24)25-10-8-23(4)9-11-25/h12,15,18H,5-11,13-14H2,1-4H3,(H,22,26)/t15-,18-/m0/s1. The lowest BCUT2D eigenvalue weighted by Gasteiger charge is -2.45. The van der Waals surface area contributed by atoms with Gasteiger partial charge in [0.05, 0.1) is 18.7 Å². The summed E-state index contributed by atoms with van der Waals surface area (Å²) < 4.78 is 5.10. The Morgan fingerprint density at radius 2 is 1.97 bits per heavy atom. The molecule has 1 aromatic rings. The van der Waals surface area contributed by atoms with E-state index in [9.17, 15) is 9.59 Å². The Morgan fingerprint density at radius 1 is 1.24 bits per heavy atom. The van der Waals surface area contributed by atoms with Crippen LogP contribution in [0.3, 0.4) is 0 Å². The second-order valence-corrected chi connectivity index (χ2v) is 9.53. The van der Waals surface area contributed by atoms with E-state index in [1.54, 1.807) is 13.0 Å². The van der Waals surface area contributed by atoms with Crippen LogP contribution in [0.15, 0.2) is 6.07 Å². The number of anilines is 1. The summed E-state index contributed by atoms with van der Waals surface area (Å²) in [5, 5.41) is 3.52. The summed E-state index contributed by atoms with van der Waals surface area (Å²) in [5.41, 5.74) is 0.449. The molecule has 1 N–H and O–H groups in total. The molecule has 162 valence electrons. The molecule has 0 unspecified atom stereocenters. The van der Waals surface area contributed by atoms with E-state index >= 15 is 0 Å². The van der Waals surface area contributed by atoms with Crippen molar-refractivity contribution in [3.8, 4) is 0 Å². The van der Waals surface area contributed by atoms with Crippen molar-refractivity contribution in [2.24, 2.45) is 5.92 Å². The van der Waals surface area contributed by atoms with Gasteiger partial charge in [0.1, 0.15) is 5.00 Å². The van der Waals surface area contributed by atoms with Crippen LogP contribution in [0, 0.1) is 12.8 Å². The highest BCUT2D eigenvalue weighted by Crippen LogP contribution is 2.29. The number of amides is 1. The first-order chi connectivity index (χ1) is 13.9. The van der Waals surface area contributed by atoms with Gasteiger partial charge in [0.2, 0.25) is 5.91 Å². The van der Waals surface area contributed by atoms with Crippen LogP contribution in [0.1, 0.15) is 35.5 Å². The monoisotopic (exact) mass is 422 g/mol. The molecule has 3 rings (SSSR count). The number of likely N-dealkylation sites (tertiary alicyclic amines) is 1. The third-order valence-corrected chi connectivity index (χ3v) is 6.89. The van der Waals surface area contributed by atoms with Crippen LogP contribution in [0.5, 0.6) is 0 Å². The van der Waals surface area contributed by atoms with Crippen molar-refractivity contribution >= 4 is 28.2 Å². The summed E-state index contributed by atoms with van der Waals surface area (Å²) in [6.45, 7) is 13.1. The van der Waals surface area contributed by atoms with Gasteiger partial charge in [-0.1, -0.05) is 6.92 Å². The van der Waals surface area contributed by atoms with Crippen molar-refractivity contribution in [2.45, 2.75) is 33.2 Å². The van der Waals surface area contributed by atoms with Crippen LogP contribution in [-0.4, -0.2) is 92.1 Å². The normalized spacial score (nSPS) is 24.4. The molecule has 0 saturated carbocycles. The molecule has 0 radical (unpaired) electrons. The average Bonchev–Trinajstić information content (AvgIpc) is 3.03. The third-order valence-electron chi connectivity index (χ3n) is 5.92. The number of likely N-dealkylation sites (N-methyl/N-ethyl adjacent to an activating group) is 1. The Bertz CT molecular complexity index is 715. The van der Waals surface area contributed by atoms with Crippen LogP contribution in [0.25, 0.3) is 0 Å². The Labute approximate surface area is 178 Å². The molecule has 2 aliphatic heterocycles. The minimum absolute atomic E-state index is 0.0670. The molecule has 2 aliphatic rings. The zero-order valence-corrected chi connectivity index (χ0v) is 18.9. The van der Waals surface area contributed by atoms with Gasteiger partial charge in [0.25, 0.3) is 0 Å². The maximum atomic E-state index is 12.6. The molecule has 0 bridgehead atoms. The molecular weight excluding hydrogens is 388 g/mol. The summed E-state index contributed by atoms with van der Waals surface area (Å²) in [5.74, 6) is 0.0930. The number of aryl methyl sites for hydroxylation is 1. The van der Waals surface area contributed by atoms with E-state index in [4.69, 9.17) is 4.74 Å². The molecule has 8 heteroatoms. The minimum Gasteiger partial charge on any atom is -0.462 e. The highest BCUT2D eigenvalue weighted by Gasteiger charge is 2.32. The molecule has 0 aliphatic carbocycles. The lowest BCUT2D eigenvalue weighted by Crippen LogP contribution is -2.56. The van der Waals surface area contributed by atoms with Crippen LogP contribution in [0.4, 0.5) is 5.00 Å². The first-order valence-electron chi connectivity index (χ1n) is 10.6. The SMILES string of the molecule is CCOC(=O)c1cc(C)sc1NC(=O)CN1CC[C@H](N2CCN(C)CC2)[C@@H](C)C1. The maximum Gasteiger partial charge on any atom is 0.341 e. The van der Waals surface area contributed by atoms with E-state index in [1.165, 1.54) is 11.3 Å². The van der Waals surface area contributed by atoms with Gasteiger partial charge < -0.3 is 15.0 Å². The fourth-order valence-electron chi connectivity index (χ4n) is 4.40. The lowest BCUT2D eigenvalue weighted by molar-refractivity contribution is -0.118. The number of piperazine rings is 1. The van der Waals surface area contributed by atoms with E-state index in [0.29, 0.717) is 35.7 Å². The highest BCUT2D eigenvalue weighted by atomic mass is 32.1. The number of nitrogens with one attached hydrogen (secondary N) is 1. The summed E-state index contributed by atoms with van der Waals surface area (Å²) in [7, 11) is 2.18. The molecule has 1 amide bonds. The average molecular weight is 423 g/mol. The zero-order chi connectivity index (χ0) is 21.0. The van der Waals surface area contributed by atoms with Gasteiger partial charge in [-0.25, -0.2) is 4.79 Å². The zero-order valence-electron chi connectivity index (χ0n) is 18.1. The van der Waals surface area contributed by atoms with E-state index < -0.39 is 0 Å². The number of carbonyl (C=O) groups is 2. The Hall–Kier alpha value is -1.48. The van der Waals surface area contributed by atoms with Gasteiger partial charge in [-0.2, -0.15) is 0 Å². The van der Waals surface area contributed by atoms with Crippen molar-refractivity contribution < 1.29 is 14.3 Å². The quantitative estimate of drug-likeness (QED) is 0.709. The largest absolute Gasteiger partial charge is 0.462 e. The van der Waals surface area contributed by atoms with E-state index in [0.717, 1.165) is 50.6 Å². The maximum absolute atomic E-state index is 12.6. The van der Waals surface area contributed by atoms with Crippen molar-refractivity contribution in [2.75, 3.05) is 64.8 Å². The first-order valence-corrected chi connectivity index (χ1v) is 11.4. The first kappa shape index (κ1) is 22.2. The topological polar surface area (TPSA) is 65.1 Å². The lowest BCUT2D eigenvalue weighted by atomic mass is 9.92. The van der Waals surface area contributed by atoms with Crippen molar-refractivity contribution in [3.63, 3.8) is 0 Å². The molecule has 7 nitrogen and oxygen atoms in total. The fraction of sp³-hybridized carbons (Fsp3) is 0.714. The molecule has 2 fully saturated rings. The molecule has 0 aromatic carbocycles. The number of carbonyl (C=O) groups excluding carboxylic acids is 2. The van der Waals surface area contributed by atoms with Crippen molar-refractivity contribution in [1.82, 2.24) is 14.7 Å². The number of piperidine rings is 1. The second kappa shape index (κ2) is 10.0. The van der Waals surface area contributed by atoms with Gasteiger partial charge in [-0.05, 0) is 39.3 Å². The molecule has 1 aromatic heterocycles. The van der Waals surface area contributed by atoms with Gasteiger partial charge in [0.15, 0.2) is 0 Å². The van der Waals surface area contributed by atoms with Gasteiger partial charge in [-0.3, -0.25) is 14.6 Å². The number of nitrogens with zero attached hydrogens (tertiary/aromatic N) is 3. The number of hydrogen-bond acceptors (Lipinski definition) is 7. The van der Waals surface area contributed by atoms with E-state index in [-0.39, 0.29) is 11.9 Å². The second-order valence-electron chi connectivity index (χ2n) is 8.28. The van der Waals surface area contributed by atoms with Crippen molar-refractivity contribution in [3.05, 3.63) is 16.5 Å². The number of ether oxygens (including phenoxy) is 1. The van der Waals surface area contributed by atoms with Gasteiger partial charge >= 0.3 is 5.97 Å². The number of esters is 1. The molecule has 2 atom stereocenters. The van der Waals surface area contributed by atoms with Crippen LogP contribution < -0.4 is 5.32 Å². The summed E-state index contributed by atoms with van der Waals surface area (Å²) >= 11 is 1.42. The molecular formula is C21H34N4O3S. The van der Waals surface area contributed by atoms with Crippen molar-refractivity contribution in [1.29, 1.82) is 0 Å².